The summed E-state index contributed by atoms with van der Waals surface area (Å²) in [5, 5.41) is 0. The molecule has 2 fully saturated rings. The molecule has 3 aromatic rings. The van der Waals surface area contributed by atoms with Gasteiger partial charge in [0, 0.05) is 44.1 Å². The molecule has 0 atom stereocenters. The van der Waals surface area contributed by atoms with Gasteiger partial charge in [-0.3, -0.25) is 0 Å². The number of benzene rings is 3. The van der Waals surface area contributed by atoms with Crippen LogP contribution in [0.5, 0.6) is 0 Å². The van der Waals surface area contributed by atoms with Crippen molar-refractivity contribution in [1.29, 1.82) is 0 Å². The smallest absolute Gasteiger partial charge is 0.243 e. The zero-order valence-corrected chi connectivity index (χ0v) is 18.4. The SMILES string of the molecule is O=S(=O)(c1ccccc1)N1CCC2(CN(CC(c3ccccc3)c3ccccc3)C2)C1. The average molecular weight is 433 g/mol. The summed E-state index contributed by atoms with van der Waals surface area (Å²) < 4.78 is 27.7. The Balaban J connectivity index is 1.27. The van der Waals surface area contributed by atoms with Crippen LogP contribution in [0.1, 0.15) is 23.5 Å². The third kappa shape index (κ3) is 4.05. The molecule has 160 valence electrons. The van der Waals surface area contributed by atoms with E-state index in [9.17, 15) is 8.42 Å². The van der Waals surface area contributed by atoms with Crippen molar-refractivity contribution in [2.75, 3.05) is 32.7 Å². The molecule has 5 heteroatoms. The first kappa shape index (κ1) is 20.4. The monoisotopic (exact) mass is 432 g/mol. The van der Waals surface area contributed by atoms with Gasteiger partial charge < -0.3 is 4.90 Å². The third-order valence-electron chi connectivity index (χ3n) is 6.75. The molecule has 0 radical (unpaired) electrons. The molecule has 31 heavy (non-hydrogen) atoms. The van der Waals surface area contributed by atoms with E-state index >= 15 is 0 Å². The number of hydrogen-bond donors (Lipinski definition) is 0. The standard InChI is InChI=1S/C26H28N2O2S/c29-31(30,24-14-8-3-9-15-24)28-17-16-26(21-28)19-27(20-26)18-25(22-10-4-1-5-11-22)23-12-6-2-7-13-23/h1-15,25H,16-21H2. The van der Waals surface area contributed by atoms with E-state index < -0.39 is 10.0 Å². The molecule has 3 aromatic carbocycles. The zero-order chi connectivity index (χ0) is 21.3. The topological polar surface area (TPSA) is 40.6 Å². The van der Waals surface area contributed by atoms with E-state index in [1.165, 1.54) is 11.1 Å². The molecule has 2 saturated heterocycles. The van der Waals surface area contributed by atoms with Crippen LogP contribution in [0.3, 0.4) is 0 Å². The van der Waals surface area contributed by atoms with Gasteiger partial charge in [-0.05, 0) is 29.7 Å². The van der Waals surface area contributed by atoms with Crippen LogP contribution in [0.15, 0.2) is 95.9 Å². The van der Waals surface area contributed by atoms with Gasteiger partial charge in [0.05, 0.1) is 4.90 Å². The van der Waals surface area contributed by atoms with E-state index in [0.29, 0.717) is 23.9 Å². The first-order valence-corrected chi connectivity index (χ1v) is 12.4. The summed E-state index contributed by atoms with van der Waals surface area (Å²) >= 11 is 0. The van der Waals surface area contributed by atoms with Crippen molar-refractivity contribution < 1.29 is 8.42 Å². The van der Waals surface area contributed by atoms with Gasteiger partial charge in [-0.1, -0.05) is 78.9 Å². The molecule has 0 amide bonds. The van der Waals surface area contributed by atoms with Gasteiger partial charge in [-0.25, -0.2) is 8.42 Å². The summed E-state index contributed by atoms with van der Waals surface area (Å²) in [5.41, 5.74) is 2.75. The Hall–Kier alpha value is -2.47. The molecule has 1 spiro atoms. The van der Waals surface area contributed by atoms with E-state index in [-0.39, 0.29) is 5.41 Å². The van der Waals surface area contributed by atoms with Crippen molar-refractivity contribution in [3.63, 3.8) is 0 Å². The molecular formula is C26H28N2O2S. The highest BCUT2D eigenvalue weighted by Gasteiger charge is 2.50. The Kier molecular flexibility index (Phi) is 5.42. The van der Waals surface area contributed by atoms with Crippen molar-refractivity contribution in [1.82, 2.24) is 9.21 Å². The zero-order valence-electron chi connectivity index (χ0n) is 17.6. The van der Waals surface area contributed by atoms with Crippen molar-refractivity contribution in [2.24, 2.45) is 5.41 Å². The maximum atomic E-state index is 13.0. The Bertz CT molecular complexity index is 1070. The van der Waals surface area contributed by atoms with Crippen LogP contribution in [0.25, 0.3) is 0 Å². The number of sulfonamides is 1. The fraction of sp³-hybridized carbons (Fsp3) is 0.308. The van der Waals surface area contributed by atoms with Gasteiger partial charge in [-0.2, -0.15) is 4.31 Å². The molecule has 5 rings (SSSR count). The molecule has 2 heterocycles. The molecule has 0 aliphatic carbocycles. The molecule has 4 nitrogen and oxygen atoms in total. The van der Waals surface area contributed by atoms with E-state index in [0.717, 1.165) is 26.1 Å². The Morgan fingerprint density at radius 1 is 0.742 bits per heavy atom. The fourth-order valence-electron chi connectivity index (χ4n) is 5.16. The van der Waals surface area contributed by atoms with Crippen LogP contribution < -0.4 is 0 Å². The van der Waals surface area contributed by atoms with Crippen LogP contribution in [-0.2, 0) is 10.0 Å². The largest absolute Gasteiger partial charge is 0.301 e. The Morgan fingerprint density at radius 2 is 1.26 bits per heavy atom. The second-order valence-electron chi connectivity index (χ2n) is 8.95. The van der Waals surface area contributed by atoms with Crippen molar-refractivity contribution in [2.45, 2.75) is 17.2 Å². The van der Waals surface area contributed by atoms with E-state index in [2.05, 4.69) is 65.6 Å². The van der Waals surface area contributed by atoms with Crippen LogP contribution in [0, 0.1) is 5.41 Å². The van der Waals surface area contributed by atoms with E-state index in [1.54, 1.807) is 28.6 Å². The lowest BCUT2D eigenvalue weighted by molar-refractivity contribution is 0.0109. The number of hydrogen-bond acceptors (Lipinski definition) is 3. The predicted molar refractivity (Wildman–Crippen MR) is 123 cm³/mol. The quantitative estimate of drug-likeness (QED) is 0.586. The normalized spacial score (nSPS) is 19.0. The lowest BCUT2D eigenvalue weighted by atomic mass is 9.78. The summed E-state index contributed by atoms with van der Waals surface area (Å²) in [6, 6.07) is 30.2. The molecule has 0 aromatic heterocycles. The highest BCUT2D eigenvalue weighted by Crippen LogP contribution is 2.42. The molecule has 0 bridgehead atoms. The maximum absolute atomic E-state index is 13.0. The van der Waals surface area contributed by atoms with Crippen molar-refractivity contribution in [3.8, 4) is 0 Å². The second-order valence-corrected chi connectivity index (χ2v) is 10.9. The minimum absolute atomic E-state index is 0.0970. The summed E-state index contributed by atoms with van der Waals surface area (Å²) in [6.45, 7) is 4.13. The predicted octanol–water partition coefficient (Wildman–Crippen LogP) is 4.22. The summed E-state index contributed by atoms with van der Waals surface area (Å²) in [7, 11) is -3.40. The van der Waals surface area contributed by atoms with Gasteiger partial charge in [0.2, 0.25) is 10.0 Å². The molecule has 2 aliphatic rings. The Labute approximate surface area is 185 Å². The minimum Gasteiger partial charge on any atom is -0.301 e. The maximum Gasteiger partial charge on any atom is 0.243 e. The second kappa shape index (κ2) is 8.23. The van der Waals surface area contributed by atoms with Gasteiger partial charge in [0.25, 0.3) is 0 Å². The van der Waals surface area contributed by atoms with Gasteiger partial charge >= 0.3 is 0 Å². The summed E-state index contributed by atoms with van der Waals surface area (Å²) in [6.07, 6.45) is 0.941. The molecule has 0 unspecified atom stereocenters. The Morgan fingerprint density at radius 3 is 1.81 bits per heavy atom. The van der Waals surface area contributed by atoms with E-state index in [4.69, 9.17) is 0 Å². The summed E-state index contributed by atoms with van der Waals surface area (Å²) in [5.74, 6) is 0.324. The molecule has 2 aliphatic heterocycles. The lowest BCUT2D eigenvalue weighted by Gasteiger charge is -2.49. The highest BCUT2D eigenvalue weighted by molar-refractivity contribution is 7.89. The lowest BCUT2D eigenvalue weighted by Crippen LogP contribution is -2.58. The first-order chi connectivity index (χ1) is 15.1. The first-order valence-electron chi connectivity index (χ1n) is 10.9. The third-order valence-corrected chi connectivity index (χ3v) is 8.61. The minimum atomic E-state index is -3.40. The van der Waals surface area contributed by atoms with Crippen LogP contribution in [-0.4, -0.2) is 50.3 Å². The fourth-order valence-corrected chi connectivity index (χ4v) is 6.74. The van der Waals surface area contributed by atoms with Gasteiger partial charge in [-0.15, -0.1) is 0 Å². The molecule has 0 saturated carbocycles. The van der Waals surface area contributed by atoms with Crippen molar-refractivity contribution >= 4 is 10.0 Å². The summed E-state index contributed by atoms with van der Waals surface area (Å²) in [4.78, 5) is 2.89. The van der Waals surface area contributed by atoms with Crippen LogP contribution in [0.4, 0.5) is 0 Å². The molecular weight excluding hydrogens is 404 g/mol. The van der Waals surface area contributed by atoms with Gasteiger partial charge in [0.15, 0.2) is 0 Å². The number of rotatable bonds is 6. The van der Waals surface area contributed by atoms with Crippen molar-refractivity contribution in [3.05, 3.63) is 102 Å². The van der Waals surface area contributed by atoms with Gasteiger partial charge in [0.1, 0.15) is 0 Å². The van der Waals surface area contributed by atoms with Crippen LogP contribution >= 0.6 is 0 Å². The number of nitrogens with zero attached hydrogens (tertiary/aromatic N) is 2. The van der Waals surface area contributed by atoms with Crippen LogP contribution in [0.2, 0.25) is 0 Å². The average Bonchev–Trinajstić information content (AvgIpc) is 3.25. The number of likely N-dealkylation sites (tertiary alicyclic amines) is 1. The molecule has 0 N–H and O–H groups in total. The highest BCUT2D eigenvalue weighted by atomic mass is 32.2. The van der Waals surface area contributed by atoms with E-state index in [1.807, 2.05) is 6.07 Å².